The molecule has 1 saturated heterocycles. The number of H-pyrrole nitrogens is 1. The smallest absolute Gasteiger partial charge is 0.294 e. The van der Waals surface area contributed by atoms with Gasteiger partial charge >= 0.3 is 0 Å². The van der Waals surface area contributed by atoms with E-state index in [2.05, 4.69) is 27.0 Å². The fraction of sp³-hybridized carbons (Fsp3) is 0.370. The summed E-state index contributed by atoms with van der Waals surface area (Å²) in [6.07, 6.45) is 3.43. The number of piperazine rings is 1. The SMILES string of the molecule is CCCc1nc2cc(C(=O)N3CCN(C(=O)c4ncn(-c5ccccc5)n4)C(C)(C)C3)cc(C)c2[nH]1. The quantitative estimate of drug-likeness (QED) is 0.464. The minimum atomic E-state index is -0.580. The van der Waals surface area contributed by atoms with Crippen LogP contribution in [-0.2, 0) is 6.42 Å². The van der Waals surface area contributed by atoms with Gasteiger partial charge in [0.15, 0.2) is 0 Å². The van der Waals surface area contributed by atoms with E-state index in [-0.39, 0.29) is 17.6 Å². The minimum Gasteiger partial charge on any atom is -0.342 e. The maximum atomic E-state index is 13.5. The number of nitrogens with zero attached hydrogens (tertiary/aromatic N) is 6. The third kappa shape index (κ3) is 4.36. The molecule has 2 amide bonds. The molecule has 1 aliphatic rings. The van der Waals surface area contributed by atoms with Gasteiger partial charge in [-0.2, -0.15) is 0 Å². The van der Waals surface area contributed by atoms with Crippen molar-refractivity contribution in [3.8, 4) is 5.69 Å². The van der Waals surface area contributed by atoms with Gasteiger partial charge in [-0.15, -0.1) is 5.10 Å². The Morgan fingerprint density at radius 2 is 1.86 bits per heavy atom. The lowest BCUT2D eigenvalue weighted by Gasteiger charge is -2.46. The molecule has 0 radical (unpaired) electrons. The monoisotopic (exact) mass is 485 g/mol. The fourth-order valence-electron chi connectivity index (χ4n) is 4.89. The lowest BCUT2D eigenvalue weighted by Crippen LogP contribution is -2.62. The number of rotatable bonds is 5. The van der Waals surface area contributed by atoms with Crippen LogP contribution in [0.25, 0.3) is 16.7 Å². The highest BCUT2D eigenvalue weighted by molar-refractivity contribution is 5.98. The normalized spacial score (nSPS) is 15.4. The maximum Gasteiger partial charge on any atom is 0.294 e. The molecule has 36 heavy (non-hydrogen) atoms. The first-order valence-corrected chi connectivity index (χ1v) is 12.3. The molecular weight excluding hydrogens is 454 g/mol. The minimum absolute atomic E-state index is 0.0494. The van der Waals surface area contributed by atoms with Gasteiger partial charge in [-0.05, 0) is 57.0 Å². The van der Waals surface area contributed by atoms with Crippen LogP contribution in [-0.4, -0.2) is 71.5 Å². The van der Waals surface area contributed by atoms with Crippen LogP contribution < -0.4 is 0 Å². The van der Waals surface area contributed by atoms with E-state index >= 15 is 0 Å². The van der Waals surface area contributed by atoms with E-state index in [1.54, 1.807) is 15.9 Å². The average molecular weight is 486 g/mol. The van der Waals surface area contributed by atoms with Gasteiger partial charge in [-0.1, -0.05) is 25.1 Å². The second-order valence-corrected chi connectivity index (χ2v) is 9.96. The summed E-state index contributed by atoms with van der Waals surface area (Å²) in [7, 11) is 0. The van der Waals surface area contributed by atoms with Crippen molar-refractivity contribution in [3.05, 3.63) is 71.6 Å². The molecule has 3 heterocycles. The largest absolute Gasteiger partial charge is 0.342 e. The van der Waals surface area contributed by atoms with Gasteiger partial charge < -0.3 is 14.8 Å². The molecule has 0 atom stereocenters. The molecule has 0 spiro atoms. The van der Waals surface area contributed by atoms with Crippen LogP contribution in [0.15, 0.2) is 48.8 Å². The first kappa shape index (κ1) is 23.7. The number of aryl methyl sites for hydroxylation is 2. The van der Waals surface area contributed by atoms with E-state index in [0.717, 1.165) is 41.0 Å². The number of imidazole rings is 1. The van der Waals surface area contributed by atoms with E-state index in [1.807, 2.05) is 68.1 Å². The number of para-hydroxylation sites is 1. The molecular formula is C27H31N7O2. The van der Waals surface area contributed by atoms with Gasteiger partial charge in [-0.25, -0.2) is 14.6 Å². The predicted octanol–water partition coefficient (Wildman–Crippen LogP) is 3.78. The zero-order chi connectivity index (χ0) is 25.4. The molecule has 4 aromatic rings. The number of carbonyl (C=O) groups is 2. The van der Waals surface area contributed by atoms with E-state index in [0.29, 0.717) is 25.2 Å². The lowest BCUT2D eigenvalue weighted by molar-refractivity contribution is 0.0160. The number of aromatic nitrogens is 5. The molecule has 0 bridgehead atoms. The van der Waals surface area contributed by atoms with Crippen molar-refractivity contribution in [1.29, 1.82) is 0 Å². The lowest BCUT2D eigenvalue weighted by atomic mass is 9.97. The number of nitrogens with one attached hydrogen (secondary N) is 1. The van der Waals surface area contributed by atoms with E-state index < -0.39 is 5.54 Å². The molecule has 0 unspecified atom stereocenters. The van der Waals surface area contributed by atoms with Crippen LogP contribution in [0.5, 0.6) is 0 Å². The predicted molar refractivity (Wildman–Crippen MR) is 137 cm³/mol. The number of benzene rings is 2. The van der Waals surface area contributed by atoms with Gasteiger partial charge in [-0.3, -0.25) is 9.59 Å². The van der Waals surface area contributed by atoms with Gasteiger partial charge in [0.2, 0.25) is 5.82 Å². The van der Waals surface area contributed by atoms with Crippen LogP contribution in [0.2, 0.25) is 0 Å². The van der Waals surface area contributed by atoms with Crippen molar-refractivity contribution in [2.24, 2.45) is 0 Å². The summed E-state index contributed by atoms with van der Waals surface area (Å²) in [6, 6.07) is 13.3. The Morgan fingerprint density at radius 1 is 1.08 bits per heavy atom. The van der Waals surface area contributed by atoms with Gasteiger partial charge in [0.05, 0.1) is 22.3 Å². The fourth-order valence-corrected chi connectivity index (χ4v) is 4.89. The van der Waals surface area contributed by atoms with Crippen molar-refractivity contribution >= 4 is 22.8 Å². The molecule has 2 aromatic carbocycles. The van der Waals surface area contributed by atoms with Gasteiger partial charge in [0, 0.05) is 31.6 Å². The van der Waals surface area contributed by atoms with Crippen molar-refractivity contribution < 1.29 is 9.59 Å². The van der Waals surface area contributed by atoms with Crippen molar-refractivity contribution in [3.63, 3.8) is 0 Å². The van der Waals surface area contributed by atoms with Crippen molar-refractivity contribution in [1.82, 2.24) is 34.5 Å². The highest BCUT2D eigenvalue weighted by Crippen LogP contribution is 2.26. The number of hydrogen-bond donors (Lipinski definition) is 1. The molecule has 186 valence electrons. The molecule has 1 aliphatic heterocycles. The third-order valence-corrected chi connectivity index (χ3v) is 6.71. The van der Waals surface area contributed by atoms with Crippen LogP contribution in [0.1, 0.15) is 59.6 Å². The number of fused-ring (bicyclic) bond motifs is 1. The number of amides is 2. The van der Waals surface area contributed by atoms with E-state index in [9.17, 15) is 9.59 Å². The van der Waals surface area contributed by atoms with Crippen LogP contribution in [0.4, 0.5) is 0 Å². The summed E-state index contributed by atoms with van der Waals surface area (Å²) >= 11 is 0. The van der Waals surface area contributed by atoms with E-state index in [4.69, 9.17) is 0 Å². The molecule has 1 fully saturated rings. The third-order valence-electron chi connectivity index (χ3n) is 6.71. The number of aromatic amines is 1. The second kappa shape index (κ2) is 9.22. The number of hydrogen-bond acceptors (Lipinski definition) is 5. The summed E-state index contributed by atoms with van der Waals surface area (Å²) in [4.78, 5) is 42.7. The Hall–Kier alpha value is -4.01. The van der Waals surface area contributed by atoms with Crippen molar-refractivity contribution in [2.75, 3.05) is 19.6 Å². The molecule has 5 rings (SSSR count). The van der Waals surface area contributed by atoms with Gasteiger partial charge in [0.25, 0.3) is 11.8 Å². The summed E-state index contributed by atoms with van der Waals surface area (Å²) in [5.74, 6) is 0.802. The molecule has 9 nitrogen and oxygen atoms in total. The highest BCUT2D eigenvalue weighted by atomic mass is 16.2. The summed E-state index contributed by atoms with van der Waals surface area (Å²) in [5, 5.41) is 4.40. The molecule has 1 N–H and O–H groups in total. The Labute approximate surface area is 210 Å². The zero-order valence-corrected chi connectivity index (χ0v) is 21.2. The molecule has 9 heteroatoms. The maximum absolute atomic E-state index is 13.5. The highest BCUT2D eigenvalue weighted by Gasteiger charge is 2.40. The van der Waals surface area contributed by atoms with Crippen LogP contribution in [0, 0.1) is 6.92 Å². The Morgan fingerprint density at radius 3 is 2.58 bits per heavy atom. The topological polar surface area (TPSA) is 100 Å². The first-order valence-electron chi connectivity index (χ1n) is 12.3. The first-order chi connectivity index (χ1) is 17.3. The van der Waals surface area contributed by atoms with Crippen LogP contribution >= 0.6 is 0 Å². The second-order valence-electron chi connectivity index (χ2n) is 9.96. The number of carbonyl (C=O) groups excluding carboxylic acids is 2. The summed E-state index contributed by atoms with van der Waals surface area (Å²) < 4.78 is 1.60. The summed E-state index contributed by atoms with van der Waals surface area (Å²) in [5.41, 5.74) is 3.67. The van der Waals surface area contributed by atoms with E-state index in [1.165, 1.54) is 0 Å². The molecule has 2 aromatic heterocycles. The Kier molecular flexibility index (Phi) is 6.07. The van der Waals surface area contributed by atoms with Crippen molar-refractivity contribution in [2.45, 2.75) is 46.1 Å². The summed E-state index contributed by atoms with van der Waals surface area (Å²) in [6.45, 7) is 9.31. The molecule has 0 aliphatic carbocycles. The standard InChI is InChI=1S/C27H31N7O2/c1-5-9-22-29-21-15-19(14-18(2)23(21)30-22)25(35)32-12-13-33(27(3,4)16-32)26(36)24-28-17-34(31-24)20-10-7-6-8-11-20/h6-8,10-11,14-15,17H,5,9,12-13,16H2,1-4H3,(H,29,30). The van der Waals surface area contributed by atoms with Gasteiger partial charge in [0.1, 0.15) is 12.2 Å². The zero-order valence-electron chi connectivity index (χ0n) is 21.2. The Balaban J connectivity index is 1.32. The average Bonchev–Trinajstić information content (AvgIpc) is 3.51. The molecule has 0 saturated carbocycles. The Bertz CT molecular complexity index is 1420. The van der Waals surface area contributed by atoms with Crippen LogP contribution in [0.3, 0.4) is 0 Å².